The molecule has 1 amide bonds. The lowest BCUT2D eigenvalue weighted by atomic mass is 10.0. The van der Waals surface area contributed by atoms with Crippen molar-refractivity contribution < 1.29 is 13.6 Å². The first-order valence-electron chi connectivity index (χ1n) is 11.8. The van der Waals surface area contributed by atoms with Crippen LogP contribution in [0.25, 0.3) is 27.7 Å². The molecule has 2 fully saturated rings. The van der Waals surface area contributed by atoms with Gasteiger partial charge in [0.15, 0.2) is 11.6 Å². The van der Waals surface area contributed by atoms with Gasteiger partial charge in [0.25, 0.3) is 0 Å². The van der Waals surface area contributed by atoms with Crippen molar-refractivity contribution in [2.75, 3.05) is 13.1 Å². The van der Waals surface area contributed by atoms with E-state index in [1.807, 2.05) is 23.1 Å². The first-order chi connectivity index (χ1) is 17.0. The number of pyridine rings is 1. The van der Waals surface area contributed by atoms with Crippen molar-refractivity contribution in [2.45, 2.75) is 25.7 Å². The lowest BCUT2D eigenvalue weighted by Gasteiger charge is -2.16. The van der Waals surface area contributed by atoms with E-state index < -0.39 is 23.0 Å². The minimum absolute atomic E-state index is 0.0714. The Morgan fingerprint density at radius 3 is 2.63 bits per heavy atom. The summed E-state index contributed by atoms with van der Waals surface area (Å²) in [5.74, 6) is -1.06. The average molecular weight is 475 g/mol. The number of fused-ring (bicyclic) bond motifs is 1. The van der Waals surface area contributed by atoms with E-state index in [0.29, 0.717) is 36.2 Å². The highest BCUT2D eigenvalue weighted by atomic mass is 19.1. The van der Waals surface area contributed by atoms with Crippen LogP contribution in [0.1, 0.15) is 25.1 Å². The molecule has 6 rings (SSSR count). The summed E-state index contributed by atoms with van der Waals surface area (Å²) in [4.78, 5) is 31.0. The first-order valence-corrected chi connectivity index (χ1v) is 11.8. The quantitative estimate of drug-likeness (QED) is 0.475. The number of carbonyl (C=O) groups excluding carboxylic acids is 1. The van der Waals surface area contributed by atoms with Gasteiger partial charge >= 0.3 is 5.69 Å². The van der Waals surface area contributed by atoms with Crippen molar-refractivity contribution in [3.8, 4) is 16.8 Å². The van der Waals surface area contributed by atoms with Gasteiger partial charge in [-0.3, -0.25) is 9.78 Å². The van der Waals surface area contributed by atoms with E-state index >= 15 is 8.78 Å². The van der Waals surface area contributed by atoms with Crippen molar-refractivity contribution in [1.29, 1.82) is 0 Å². The third-order valence-corrected chi connectivity index (χ3v) is 6.92. The summed E-state index contributed by atoms with van der Waals surface area (Å²) in [6.07, 6.45) is 4.66. The van der Waals surface area contributed by atoms with E-state index in [1.54, 1.807) is 18.3 Å². The minimum Gasteiger partial charge on any atom is -0.342 e. The Balaban J connectivity index is 1.30. The zero-order valence-electron chi connectivity index (χ0n) is 18.9. The summed E-state index contributed by atoms with van der Waals surface area (Å²) in [6.45, 7) is 1.23. The van der Waals surface area contributed by atoms with Gasteiger partial charge in [0, 0.05) is 37.0 Å². The van der Waals surface area contributed by atoms with Gasteiger partial charge in [-0.05, 0) is 60.6 Å². The molecule has 2 aromatic heterocycles. The molecule has 1 saturated carbocycles. The minimum atomic E-state index is -0.858. The van der Waals surface area contributed by atoms with E-state index in [-0.39, 0.29) is 23.6 Å². The van der Waals surface area contributed by atoms with Gasteiger partial charge < -0.3 is 4.90 Å². The number of halogens is 2. The Kier molecular flexibility index (Phi) is 5.20. The highest BCUT2D eigenvalue weighted by Gasteiger charge is 2.37. The van der Waals surface area contributed by atoms with Crippen LogP contribution >= 0.6 is 0 Å². The molecule has 1 aliphatic heterocycles. The van der Waals surface area contributed by atoms with Gasteiger partial charge in [-0.2, -0.15) is 5.10 Å². The first kappa shape index (κ1) is 21.6. The number of nitrogens with zero attached hydrogens (tertiary/aromatic N) is 4. The predicted molar refractivity (Wildman–Crippen MR) is 126 cm³/mol. The topological polar surface area (TPSA) is 83.9 Å². The highest BCUT2D eigenvalue weighted by Crippen LogP contribution is 2.34. The van der Waals surface area contributed by atoms with E-state index in [1.165, 1.54) is 12.1 Å². The molecule has 1 atom stereocenters. The smallest absolute Gasteiger partial charge is 0.342 e. The fourth-order valence-corrected chi connectivity index (χ4v) is 4.94. The van der Waals surface area contributed by atoms with Crippen LogP contribution in [-0.2, 0) is 11.2 Å². The standard InChI is InChI=1S/C26H23F2N5O2/c27-20-11-19(18-6-3-16-2-1-8-29-22(16)13-18)12-21(28)24(20)33-23(30-31-26(33)35)10-15-7-9-32(14-15)25(34)17-4-5-17/h1-3,6,8,11-13,15,17H,4-5,7,9-10,14H2,(H,31,35)/t15-/m0/s1. The summed E-state index contributed by atoms with van der Waals surface area (Å²) in [5, 5.41) is 7.30. The molecule has 9 heteroatoms. The number of aromatic amines is 1. The van der Waals surface area contributed by atoms with Crippen molar-refractivity contribution in [3.05, 3.63) is 76.6 Å². The third-order valence-electron chi connectivity index (χ3n) is 6.92. The summed E-state index contributed by atoms with van der Waals surface area (Å²) in [7, 11) is 0. The van der Waals surface area contributed by atoms with Crippen LogP contribution in [0.2, 0.25) is 0 Å². The Labute approximate surface area is 199 Å². The molecule has 2 aliphatic rings. The molecule has 4 aromatic rings. The molecule has 1 N–H and O–H groups in total. The number of hydrogen-bond donors (Lipinski definition) is 1. The molecule has 178 valence electrons. The largest absolute Gasteiger partial charge is 0.348 e. The Morgan fingerprint density at radius 1 is 1.06 bits per heavy atom. The van der Waals surface area contributed by atoms with Gasteiger partial charge in [0.1, 0.15) is 11.5 Å². The predicted octanol–water partition coefficient (Wildman–Crippen LogP) is 3.86. The van der Waals surface area contributed by atoms with Crippen LogP contribution in [-0.4, -0.2) is 43.6 Å². The summed E-state index contributed by atoms with van der Waals surface area (Å²) < 4.78 is 31.6. The monoisotopic (exact) mass is 475 g/mol. The van der Waals surface area contributed by atoms with Crippen LogP contribution in [0.4, 0.5) is 8.78 Å². The Hall–Kier alpha value is -3.88. The number of likely N-dealkylation sites (tertiary alicyclic amines) is 1. The Bertz CT molecular complexity index is 1480. The molecular weight excluding hydrogens is 452 g/mol. The highest BCUT2D eigenvalue weighted by molar-refractivity contribution is 5.84. The number of nitrogens with one attached hydrogen (secondary N) is 1. The number of aromatic nitrogens is 4. The van der Waals surface area contributed by atoms with Gasteiger partial charge in [0.05, 0.1) is 5.52 Å². The number of hydrogen-bond acceptors (Lipinski definition) is 4. The van der Waals surface area contributed by atoms with Crippen LogP contribution in [0.3, 0.4) is 0 Å². The third kappa shape index (κ3) is 4.00. The molecule has 3 heterocycles. The Morgan fingerprint density at radius 2 is 1.86 bits per heavy atom. The van der Waals surface area contributed by atoms with Gasteiger partial charge in [-0.15, -0.1) is 0 Å². The second kappa shape index (κ2) is 8.41. The van der Waals surface area contributed by atoms with Crippen molar-refractivity contribution >= 4 is 16.8 Å². The lowest BCUT2D eigenvalue weighted by Crippen LogP contribution is -2.30. The molecule has 0 unspecified atom stereocenters. The SMILES string of the molecule is O=C(C1CC1)N1CC[C@@H](Cc2n[nH]c(=O)n2-c2c(F)cc(-c3ccc4cccnc4c3)cc2F)C1. The zero-order valence-corrected chi connectivity index (χ0v) is 18.9. The van der Waals surface area contributed by atoms with Crippen molar-refractivity contribution in [2.24, 2.45) is 11.8 Å². The number of carbonyl (C=O) groups is 1. The van der Waals surface area contributed by atoms with Crippen LogP contribution < -0.4 is 5.69 Å². The van der Waals surface area contributed by atoms with Gasteiger partial charge in [-0.1, -0.05) is 18.2 Å². The lowest BCUT2D eigenvalue weighted by molar-refractivity contribution is -0.131. The van der Waals surface area contributed by atoms with Crippen LogP contribution in [0.15, 0.2) is 53.5 Å². The fraction of sp³-hybridized carbons (Fsp3) is 0.308. The maximum absolute atomic E-state index is 15.3. The summed E-state index contributed by atoms with van der Waals surface area (Å²) in [5.41, 5.74) is 0.523. The zero-order chi connectivity index (χ0) is 24.1. The number of benzene rings is 2. The van der Waals surface area contributed by atoms with Crippen LogP contribution in [0, 0.1) is 23.5 Å². The fourth-order valence-electron chi connectivity index (χ4n) is 4.94. The van der Waals surface area contributed by atoms with E-state index in [9.17, 15) is 9.59 Å². The molecule has 0 bridgehead atoms. The van der Waals surface area contributed by atoms with E-state index in [0.717, 1.165) is 29.2 Å². The van der Waals surface area contributed by atoms with Gasteiger partial charge in [-0.25, -0.2) is 23.2 Å². The molecule has 2 aromatic carbocycles. The molecule has 0 radical (unpaired) electrons. The van der Waals surface area contributed by atoms with E-state index in [2.05, 4.69) is 15.2 Å². The molecule has 35 heavy (non-hydrogen) atoms. The van der Waals surface area contributed by atoms with Gasteiger partial charge in [0.2, 0.25) is 5.91 Å². The molecule has 1 saturated heterocycles. The van der Waals surface area contributed by atoms with E-state index in [4.69, 9.17) is 0 Å². The number of amides is 1. The molecule has 1 aliphatic carbocycles. The number of H-pyrrole nitrogens is 1. The maximum atomic E-state index is 15.3. The molecular formula is C26H23F2N5O2. The number of rotatable bonds is 5. The second-order valence-corrected chi connectivity index (χ2v) is 9.40. The normalized spacial score (nSPS) is 17.9. The van der Waals surface area contributed by atoms with Crippen molar-refractivity contribution in [3.63, 3.8) is 0 Å². The average Bonchev–Trinajstić information content (AvgIpc) is 3.51. The summed E-state index contributed by atoms with van der Waals surface area (Å²) in [6, 6.07) is 11.6. The maximum Gasteiger partial charge on any atom is 0.348 e. The molecule has 0 spiro atoms. The van der Waals surface area contributed by atoms with Crippen molar-refractivity contribution in [1.82, 2.24) is 24.6 Å². The summed E-state index contributed by atoms with van der Waals surface area (Å²) >= 11 is 0. The second-order valence-electron chi connectivity index (χ2n) is 9.40. The van der Waals surface area contributed by atoms with Crippen LogP contribution in [0.5, 0.6) is 0 Å². The molecule has 7 nitrogen and oxygen atoms in total.